The van der Waals surface area contributed by atoms with Crippen LogP contribution in [0.4, 0.5) is 5.82 Å². The molecule has 4 aromatic rings. The van der Waals surface area contributed by atoms with Crippen LogP contribution in [0, 0.1) is 32.1 Å². The van der Waals surface area contributed by atoms with E-state index < -0.39 is 0 Å². The largest absolute Gasteiger partial charge is 0.380 e. The number of nitrogens with zero attached hydrogens (tertiary/aromatic N) is 7. The van der Waals surface area contributed by atoms with E-state index >= 15 is 0 Å². The lowest BCUT2D eigenvalue weighted by Crippen LogP contribution is -2.66. The average Bonchev–Trinajstić information content (AvgIpc) is 3.61. The molecule has 3 aromatic heterocycles. The Labute approximate surface area is 302 Å². The molecule has 0 saturated carbocycles. The standard InChI is InChI=1S/C28H34N6O3.C7H7BrN2O.C2H6/c1-17-5-22(23-8-29-20(4)30-9-23)7-24-26(19(3)35)31-34(27(17)24)12-25(36)33-11-21(6-18(33)2)10-32-13-28(14-32)15-37-16-28;1-5-2-3-6(8)10-7(5)9-4-11;1-2/h5,7-9,18,21H,6,10-16H2,1-4H3;2-4H,1H3,(H,9,10,11);1-2H3. The average molecular weight is 748 g/mol. The number of benzene rings is 1. The van der Waals surface area contributed by atoms with Crippen LogP contribution < -0.4 is 5.32 Å². The van der Waals surface area contributed by atoms with Gasteiger partial charge in [-0.1, -0.05) is 19.9 Å². The van der Waals surface area contributed by atoms with E-state index in [2.05, 4.69) is 53.1 Å². The molecule has 3 aliphatic rings. The molecule has 0 aliphatic carbocycles. The van der Waals surface area contributed by atoms with Gasteiger partial charge in [0.25, 0.3) is 0 Å². The molecule has 0 bridgehead atoms. The molecule has 7 rings (SSSR count). The zero-order valence-electron chi connectivity index (χ0n) is 30.0. The molecule has 2 amide bonds. The number of carbonyl (C=O) groups excluding carboxylic acids is 3. The van der Waals surface area contributed by atoms with Crippen LogP contribution in [-0.4, -0.2) is 98.1 Å². The van der Waals surface area contributed by atoms with E-state index in [4.69, 9.17) is 4.74 Å². The Hall–Kier alpha value is -4.07. The molecule has 3 fully saturated rings. The highest BCUT2D eigenvalue weighted by Gasteiger charge is 2.49. The number of halogens is 1. The van der Waals surface area contributed by atoms with Gasteiger partial charge in [0.2, 0.25) is 12.3 Å². The Kier molecular flexibility index (Phi) is 11.8. The lowest BCUT2D eigenvalue weighted by Gasteiger charge is -2.55. The number of hydrogen-bond donors (Lipinski definition) is 1. The van der Waals surface area contributed by atoms with Gasteiger partial charge < -0.3 is 19.9 Å². The molecule has 3 saturated heterocycles. The first-order chi connectivity index (χ1) is 23.9. The summed E-state index contributed by atoms with van der Waals surface area (Å²) in [5.41, 5.74) is 5.34. The van der Waals surface area contributed by atoms with Gasteiger partial charge in [0.05, 0.1) is 18.7 Å². The zero-order chi connectivity index (χ0) is 36.2. The highest BCUT2D eigenvalue weighted by molar-refractivity contribution is 9.10. The van der Waals surface area contributed by atoms with E-state index in [0.29, 0.717) is 39.7 Å². The second kappa shape index (κ2) is 15.9. The predicted octanol–water partition coefficient (Wildman–Crippen LogP) is 5.63. The van der Waals surface area contributed by atoms with Gasteiger partial charge in [0.1, 0.15) is 28.5 Å². The number of rotatable bonds is 8. The van der Waals surface area contributed by atoms with Gasteiger partial charge in [-0.15, -0.1) is 0 Å². The van der Waals surface area contributed by atoms with E-state index in [1.165, 1.54) is 6.92 Å². The maximum Gasteiger partial charge on any atom is 0.244 e. The van der Waals surface area contributed by atoms with Gasteiger partial charge in [-0.3, -0.25) is 19.1 Å². The summed E-state index contributed by atoms with van der Waals surface area (Å²) in [7, 11) is 0. The number of nitrogens with one attached hydrogen (secondary N) is 1. The summed E-state index contributed by atoms with van der Waals surface area (Å²) in [4.78, 5) is 53.2. The van der Waals surface area contributed by atoms with Crippen molar-refractivity contribution in [2.75, 3.05) is 44.7 Å². The van der Waals surface area contributed by atoms with Crippen molar-refractivity contribution in [1.29, 1.82) is 0 Å². The monoisotopic (exact) mass is 746 g/mol. The van der Waals surface area contributed by atoms with Gasteiger partial charge in [-0.2, -0.15) is 5.10 Å². The van der Waals surface area contributed by atoms with Crippen LogP contribution >= 0.6 is 15.9 Å². The minimum Gasteiger partial charge on any atom is -0.380 e. The van der Waals surface area contributed by atoms with Crippen LogP contribution in [0.15, 0.2) is 41.3 Å². The number of fused-ring (bicyclic) bond motifs is 1. The maximum atomic E-state index is 13.5. The van der Waals surface area contributed by atoms with Crippen LogP contribution in [0.3, 0.4) is 0 Å². The topological polar surface area (TPSA) is 135 Å². The van der Waals surface area contributed by atoms with Crippen LogP contribution in [0.2, 0.25) is 0 Å². The molecule has 266 valence electrons. The third-order valence-corrected chi connectivity index (χ3v) is 9.90. The molecular weight excluding hydrogens is 700 g/mol. The normalized spacial score (nSPS) is 19.1. The van der Waals surface area contributed by atoms with E-state index in [1.807, 2.05) is 63.8 Å². The van der Waals surface area contributed by atoms with E-state index in [0.717, 1.165) is 79.0 Å². The molecule has 13 heteroatoms. The number of carbonyl (C=O) groups is 3. The first-order valence-electron chi connectivity index (χ1n) is 17.2. The first kappa shape index (κ1) is 37.2. The summed E-state index contributed by atoms with van der Waals surface area (Å²) >= 11 is 3.20. The quantitative estimate of drug-likeness (QED) is 0.138. The summed E-state index contributed by atoms with van der Waals surface area (Å²) < 4.78 is 7.83. The summed E-state index contributed by atoms with van der Waals surface area (Å²) in [5, 5.41) is 7.88. The SMILES string of the molecule is CC.CC(=O)c1nn(CC(=O)N2CC(CN3CC4(COC4)C3)CC2C)c2c(C)cc(-c3cnc(C)nc3)cc12.Cc1ccc(Br)nc1NC=O. The Bertz CT molecular complexity index is 1850. The van der Waals surface area contributed by atoms with E-state index in [9.17, 15) is 14.4 Å². The molecule has 2 atom stereocenters. The Morgan fingerprint density at radius 2 is 1.76 bits per heavy atom. The van der Waals surface area contributed by atoms with Crippen molar-refractivity contribution in [3.8, 4) is 11.1 Å². The number of pyridine rings is 1. The maximum absolute atomic E-state index is 13.5. The van der Waals surface area contributed by atoms with Crippen molar-refractivity contribution < 1.29 is 19.1 Å². The van der Waals surface area contributed by atoms with E-state index in [-0.39, 0.29) is 24.3 Å². The lowest BCUT2D eigenvalue weighted by molar-refractivity contribution is -0.190. The van der Waals surface area contributed by atoms with E-state index in [1.54, 1.807) is 17.1 Å². The van der Waals surface area contributed by atoms with Gasteiger partial charge >= 0.3 is 0 Å². The number of ketones is 1. The minimum absolute atomic E-state index is 0.0531. The first-order valence-corrected chi connectivity index (χ1v) is 18.0. The number of Topliss-reactive ketones (excluding diaryl/α,β-unsaturated/α-hetero) is 1. The molecule has 12 nitrogen and oxygen atoms in total. The summed E-state index contributed by atoms with van der Waals surface area (Å²) in [5.74, 6) is 1.72. The van der Waals surface area contributed by atoms with Crippen molar-refractivity contribution in [3.63, 3.8) is 0 Å². The molecule has 1 N–H and O–H groups in total. The minimum atomic E-state index is -0.119. The van der Waals surface area contributed by atoms with Crippen molar-refractivity contribution in [2.45, 2.75) is 67.5 Å². The fraction of sp³-hybridized carbons (Fsp3) is 0.486. The highest BCUT2D eigenvalue weighted by Crippen LogP contribution is 2.39. The second-order valence-electron chi connectivity index (χ2n) is 13.5. The van der Waals surface area contributed by atoms with Crippen LogP contribution in [0.1, 0.15) is 61.6 Å². The highest BCUT2D eigenvalue weighted by atomic mass is 79.9. The summed E-state index contributed by atoms with van der Waals surface area (Å²) in [6.07, 6.45) is 5.21. The number of ether oxygens (including phenoxy) is 1. The molecule has 3 aliphatic heterocycles. The third kappa shape index (κ3) is 8.11. The number of aryl methyl sites for hydroxylation is 3. The predicted molar refractivity (Wildman–Crippen MR) is 197 cm³/mol. The number of anilines is 1. The van der Waals surface area contributed by atoms with Crippen molar-refractivity contribution in [3.05, 3.63) is 63.9 Å². The Morgan fingerprint density at radius 3 is 2.38 bits per heavy atom. The molecule has 1 aromatic carbocycles. The van der Waals surface area contributed by atoms with Crippen molar-refractivity contribution in [1.82, 2.24) is 34.5 Å². The van der Waals surface area contributed by atoms with Crippen LogP contribution in [0.5, 0.6) is 0 Å². The van der Waals surface area contributed by atoms with Gasteiger partial charge in [-0.05, 0) is 90.9 Å². The molecule has 2 unspecified atom stereocenters. The summed E-state index contributed by atoms with van der Waals surface area (Å²) in [6.45, 7) is 19.4. The number of hydrogen-bond acceptors (Lipinski definition) is 9. The van der Waals surface area contributed by atoms with Gasteiger partial charge in [0, 0.05) is 67.9 Å². The zero-order valence-corrected chi connectivity index (χ0v) is 31.6. The molecule has 1 spiro atoms. The summed E-state index contributed by atoms with van der Waals surface area (Å²) in [6, 6.07) is 7.91. The lowest BCUT2D eigenvalue weighted by atomic mass is 9.77. The van der Waals surface area contributed by atoms with Crippen molar-refractivity contribution in [2.24, 2.45) is 11.3 Å². The Balaban J connectivity index is 0.000000318. The molecule has 0 radical (unpaired) electrons. The van der Waals surface area contributed by atoms with Gasteiger partial charge in [0.15, 0.2) is 5.78 Å². The third-order valence-electron chi connectivity index (χ3n) is 9.46. The number of aromatic nitrogens is 5. The Morgan fingerprint density at radius 1 is 1.06 bits per heavy atom. The molecule has 6 heterocycles. The fourth-order valence-corrected chi connectivity index (χ4v) is 7.44. The van der Waals surface area contributed by atoms with Crippen LogP contribution in [-0.2, 0) is 20.9 Å². The second-order valence-corrected chi connectivity index (χ2v) is 14.3. The molecule has 50 heavy (non-hydrogen) atoms. The fourth-order valence-electron chi connectivity index (χ4n) is 7.13. The smallest absolute Gasteiger partial charge is 0.244 e. The molecular formula is C37H47BrN8O4. The van der Waals surface area contributed by atoms with Crippen LogP contribution in [0.25, 0.3) is 22.0 Å². The van der Waals surface area contributed by atoms with Gasteiger partial charge in [-0.25, -0.2) is 15.0 Å². The number of amides is 2. The number of likely N-dealkylation sites (tertiary alicyclic amines) is 2. The van der Waals surface area contributed by atoms with Crippen molar-refractivity contribution >= 4 is 50.8 Å².